The number of carbonyl (C=O) groups excluding carboxylic acids is 4. The molecule has 3 amide bonds. The Morgan fingerprint density at radius 1 is 0.885 bits per heavy atom. The number of hydrogen-bond acceptors (Lipinski definition) is 10. The first-order valence-electron chi connectivity index (χ1n) is 17.6. The van der Waals surface area contributed by atoms with E-state index < -0.39 is 12.0 Å². The summed E-state index contributed by atoms with van der Waals surface area (Å²) >= 11 is 1.11. The maximum absolute atomic E-state index is 14.0. The van der Waals surface area contributed by atoms with E-state index in [1.54, 1.807) is 43.2 Å². The molecule has 4 aromatic rings. The van der Waals surface area contributed by atoms with Crippen molar-refractivity contribution in [3.8, 4) is 11.5 Å². The number of methoxy groups -OCH3 is 2. The van der Waals surface area contributed by atoms with Crippen molar-refractivity contribution < 1.29 is 28.7 Å². The Hall–Kier alpha value is -5.17. The molecule has 1 unspecified atom stereocenters. The van der Waals surface area contributed by atoms with Crippen LogP contribution in [-0.4, -0.2) is 101 Å². The van der Waals surface area contributed by atoms with Gasteiger partial charge in [-0.05, 0) is 30.9 Å². The standard InChI is InChI=1S/C39H44N6O6S/c1-26(25-52-38(49)28-13-8-5-9-14-28)37(48)45-18-10-15-31(45)36(47)41-35-29-23-32(50-2)33(51-3)24-30(29)40-39(42-35)44-21-19-43(20-22-44)34(46)17-16-27-11-6-4-7-12-27/h4-9,11-14,23-24,26,31H,10,15-22,25H2,1-3H3,(H,40,41,42,47)/t26?,31-/m0/s1. The van der Waals surface area contributed by atoms with Crippen molar-refractivity contribution in [2.75, 3.05) is 62.9 Å². The van der Waals surface area contributed by atoms with Crippen molar-refractivity contribution in [3.05, 3.63) is 83.9 Å². The molecule has 2 saturated heterocycles. The number of likely N-dealkylation sites (tertiary alicyclic amines) is 1. The quantitative estimate of drug-likeness (QED) is 0.211. The van der Waals surface area contributed by atoms with Crippen LogP contribution < -0.4 is 19.7 Å². The van der Waals surface area contributed by atoms with Crippen molar-refractivity contribution in [3.63, 3.8) is 0 Å². The van der Waals surface area contributed by atoms with Crippen LogP contribution in [0.5, 0.6) is 11.5 Å². The summed E-state index contributed by atoms with van der Waals surface area (Å²) in [4.78, 5) is 68.4. The number of ether oxygens (including phenoxy) is 2. The highest BCUT2D eigenvalue weighted by molar-refractivity contribution is 8.14. The lowest BCUT2D eigenvalue weighted by Crippen LogP contribution is -2.49. The van der Waals surface area contributed by atoms with Crippen LogP contribution in [-0.2, 0) is 20.8 Å². The van der Waals surface area contributed by atoms with E-state index in [0.717, 1.165) is 17.3 Å². The zero-order valence-corrected chi connectivity index (χ0v) is 30.6. The number of hydrogen-bond donors (Lipinski definition) is 1. The summed E-state index contributed by atoms with van der Waals surface area (Å²) < 4.78 is 11.1. The lowest BCUT2D eigenvalue weighted by atomic mass is 10.1. The molecule has 2 fully saturated rings. The SMILES string of the molecule is COc1cc2nc(N3CCN(C(=O)CCc4ccccc4)CC3)nc(NC(=O)[C@@H]3CCCN3C(=O)C(C)CSC(=O)c3ccccc3)c2cc1OC. The van der Waals surface area contributed by atoms with Gasteiger partial charge in [0.2, 0.25) is 28.8 Å². The molecule has 0 aliphatic carbocycles. The van der Waals surface area contributed by atoms with Crippen molar-refractivity contribution in [1.82, 2.24) is 19.8 Å². The summed E-state index contributed by atoms with van der Waals surface area (Å²) in [6.45, 7) is 4.34. The Labute approximate surface area is 307 Å². The van der Waals surface area contributed by atoms with Gasteiger partial charge >= 0.3 is 0 Å². The van der Waals surface area contributed by atoms with Gasteiger partial charge in [-0.1, -0.05) is 79.3 Å². The third-order valence-corrected chi connectivity index (χ3v) is 10.7. The van der Waals surface area contributed by atoms with Gasteiger partial charge in [0.25, 0.3) is 0 Å². The molecule has 13 heteroatoms. The fraction of sp³-hybridized carbons (Fsp3) is 0.385. The van der Waals surface area contributed by atoms with Crippen molar-refractivity contribution >= 4 is 57.3 Å². The molecular formula is C39H44N6O6S. The van der Waals surface area contributed by atoms with E-state index in [9.17, 15) is 19.2 Å². The average Bonchev–Trinajstić information content (AvgIpc) is 3.69. The number of nitrogens with one attached hydrogen (secondary N) is 1. The number of nitrogens with zero attached hydrogens (tertiary/aromatic N) is 5. The molecule has 3 aromatic carbocycles. The highest BCUT2D eigenvalue weighted by atomic mass is 32.2. The van der Waals surface area contributed by atoms with Crippen LogP contribution in [0.15, 0.2) is 72.8 Å². The Kier molecular flexibility index (Phi) is 11.9. The number of carbonyl (C=O) groups is 4. The van der Waals surface area contributed by atoms with Gasteiger partial charge in [0.1, 0.15) is 11.9 Å². The second-order valence-electron chi connectivity index (χ2n) is 13.0. The van der Waals surface area contributed by atoms with Crippen LogP contribution in [0.25, 0.3) is 10.9 Å². The molecule has 0 saturated carbocycles. The lowest BCUT2D eigenvalue weighted by Gasteiger charge is -2.35. The van der Waals surface area contributed by atoms with Crippen LogP contribution in [0.3, 0.4) is 0 Å². The first-order chi connectivity index (χ1) is 25.2. The molecule has 0 radical (unpaired) electrons. The number of anilines is 2. The Morgan fingerprint density at radius 3 is 2.25 bits per heavy atom. The third kappa shape index (κ3) is 8.47. The highest BCUT2D eigenvalue weighted by Gasteiger charge is 2.37. The topological polar surface area (TPSA) is 134 Å². The van der Waals surface area contributed by atoms with E-state index in [-0.39, 0.29) is 22.8 Å². The summed E-state index contributed by atoms with van der Waals surface area (Å²) in [6.07, 6.45) is 2.33. The van der Waals surface area contributed by atoms with Gasteiger partial charge in [0.15, 0.2) is 11.5 Å². The second kappa shape index (κ2) is 16.9. The van der Waals surface area contributed by atoms with Crippen LogP contribution in [0.2, 0.25) is 0 Å². The highest BCUT2D eigenvalue weighted by Crippen LogP contribution is 2.36. The van der Waals surface area contributed by atoms with Gasteiger partial charge in [0.05, 0.1) is 19.7 Å². The second-order valence-corrected chi connectivity index (χ2v) is 14.0. The Bertz CT molecular complexity index is 1900. The van der Waals surface area contributed by atoms with Gasteiger partial charge < -0.3 is 29.5 Å². The number of fused-ring (bicyclic) bond motifs is 1. The predicted octanol–water partition coefficient (Wildman–Crippen LogP) is 5.07. The van der Waals surface area contributed by atoms with Crippen LogP contribution in [0.4, 0.5) is 11.8 Å². The minimum atomic E-state index is -0.691. The molecule has 2 aliphatic heterocycles. The lowest BCUT2D eigenvalue weighted by molar-refractivity contribution is -0.139. The molecule has 6 rings (SSSR count). The summed E-state index contributed by atoms with van der Waals surface area (Å²) in [6, 6.07) is 21.8. The minimum Gasteiger partial charge on any atom is -0.493 e. The summed E-state index contributed by atoms with van der Waals surface area (Å²) in [5.74, 6) is 1.10. The molecule has 0 bridgehead atoms. The number of piperazine rings is 1. The van der Waals surface area contributed by atoms with E-state index in [2.05, 4.69) is 5.32 Å². The zero-order valence-electron chi connectivity index (χ0n) is 29.7. The van der Waals surface area contributed by atoms with Gasteiger partial charge in [-0.2, -0.15) is 4.98 Å². The first kappa shape index (κ1) is 36.6. The Morgan fingerprint density at radius 2 is 1.56 bits per heavy atom. The molecule has 3 heterocycles. The van der Waals surface area contributed by atoms with Crippen LogP contribution >= 0.6 is 11.8 Å². The molecule has 2 aliphatic rings. The van der Waals surface area contributed by atoms with E-state index >= 15 is 0 Å². The minimum absolute atomic E-state index is 0.0921. The van der Waals surface area contributed by atoms with Crippen molar-refractivity contribution in [2.24, 2.45) is 5.92 Å². The monoisotopic (exact) mass is 724 g/mol. The predicted molar refractivity (Wildman–Crippen MR) is 202 cm³/mol. The number of aryl methyl sites for hydroxylation is 1. The number of rotatable bonds is 12. The van der Waals surface area contributed by atoms with Crippen LogP contribution in [0, 0.1) is 5.92 Å². The van der Waals surface area contributed by atoms with E-state index in [1.807, 2.05) is 58.3 Å². The van der Waals surface area contributed by atoms with Gasteiger partial charge in [-0.25, -0.2) is 4.98 Å². The maximum Gasteiger partial charge on any atom is 0.248 e. The largest absolute Gasteiger partial charge is 0.493 e. The number of thioether (sulfide) groups is 1. The summed E-state index contributed by atoms with van der Waals surface area (Å²) in [5, 5.41) is 3.49. The smallest absolute Gasteiger partial charge is 0.248 e. The molecular weight excluding hydrogens is 681 g/mol. The fourth-order valence-electron chi connectivity index (χ4n) is 6.61. The molecule has 1 N–H and O–H groups in total. The Balaban J connectivity index is 1.16. The van der Waals surface area contributed by atoms with Crippen molar-refractivity contribution in [2.45, 2.75) is 38.6 Å². The van der Waals surface area contributed by atoms with E-state index in [1.165, 1.54) is 7.11 Å². The van der Waals surface area contributed by atoms with Crippen LogP contribution in [0.1, 0.15) is 42.1 Å². The van der Waals surface area contributed by atoms with Gasteiger partial charge in [-0.3, -0.25) is 19.2 Å². The van der Waals surface area contributed by atoms with Gasteiger partial charge in [-0.15, -0.1) is 0 Å². The molecule has 1 aromatic heterocycles. The first-order valence-corrected chi connectivity index (χ1v) is 18.6. The molecule has 12 nitrogen and oxygen atoms in total. The van der Waals surface area contributed by atoms with E-state index in [4.69, 9.17) is 19.4 Å². The van der Waals surface area contributed by atoms with E-state index in [0.29, 0.717) is 104 Å². The number of benzene rings is 3. The summed E-state index contributed by atoms with van der Waals surface area (Å²) in [7, 11) is 3.08. The number of amides is 3. The molecule has 52 heavy (non-hydrogen) atoms. The number of aromatic nitrogens is 2. The average molecular weight is 725 g/mol. The molecule has 2 atom stereocenters. The zero-order chi connectivity index (χ0) is 36.6. The maximum atomic E-state index is 14.0. The fourth-order valence-corrected chi connectivity index (χ4v) is 7.45. The van der Waals surface area contributed by atoms with Crippen molar-refractivity contribution in [1.29, 1.82) is 0 Å². The summed E-state index contributed by atoms with van der Waals surface area (Å²) in [5.41, 5.74) is 2.27. The molecule has 0 spiro atoms. The molecule has 272 valence electrons. The normalized spacial score (nSPS) is 16.4. The third-order valence-electron chi connectivity index (χ3n) is 9.55. The van der Waals surface area contributed by atoms with Gasteiger partial charge in [0, 0.05) is 67.8 Å².